The number of ether oxygens (including phenoxy) is 1. The van der Waals surface area contributed by atoms with E-state index in [0.717, 1.165) is 66.9 Å². The molecule has 0 aliphatic carbocycles. The zero-order chi connectivity index (χ0) is 31.3. The Labute approximate surface area is 268 Å². The molecule has 4 nitrogen and oxygen atoms in total. The van der Waals surface area contributed by atoms with Crippen LogP contribution < -0.4 is 4.74 Å². The molecule has 0 atom stereocenters. The minimum Gasteiger partial charge on any atom is -0.455 e. The van der Waals surface area contributed by atoms with Crippen molar-refractivity contribution in [3.63, 3.8) is 0 Å². The van der Waals surface area contributed by atoms with E-state index in [1.54, 1.807) is 0 Å². The van der Waals surface area contributed by atoms with Gasteiger partial charge < -0.3 is 4.74 Å². The molecule has 218 valence electrons. The van der Waals surface area contributed by atoms with E-state index in [1.165, 1.54) is 0 Å². The summed E-state index contributed by atoms with van der Waals surface area (Å²) in [5, 5.41) is 11.0. The van der Waals surface area contributed by atoms with Crippen LogP contribution in [0.1, 0.15) is 30.5 Å². The van der Waals surface area contributed by atoms with Gasteiger partial charge in [0.1, 0.15) is 17.6 Å². The predicted octanol–water partition coefficient (Wildman–Crippen LogP) is 10.6. The van der Waals surface area contributed by atoms with Crippen molar-refractivity contribution in [2.24, 2.45) is 0 Å². The molecule has 0 saturated carbocycles. The van der Waals surface area contributed by atoms with Crippen molar-refractivity contribution in [2.45, 2.75) is 19.3 Å². The molecule has 8 rings (SSSR count). The zero-order valence-electron chi connectivity index (χ0n) is 25.5. The molecule has 0 spiro atoms. The monoisotopic (exact) mass is 591 g/mol. The number of aromatic nitrogens is 2. The van der Waals surface area contributed by atoms with Crippen LogP contribution in [0.2, 0.25) is 0 Å². The van der Waals surface area contributed by atoms with Gasteiger partial charge in [-0.25, -0.2) is 9.97 Å². The fourth-order valence-corrected chi connectivity index (χ4v) is 6.68. The number of nitriles is 1. The number of benzene rings is 6. The van der Waals surface area contributed by atoms with Crippen molar-refractivity contribution in [3.8, 4) is 62.5 Å². The van der Waals surface area contributed by atoms with Gasteiger partial charge in [0.2, 0.25) is 0 Å². The molecule has 0 saturated heterocycles. The summed E-state index contributed by atoms with van der Waals surface area (Å²) in [4.78, 5) is 10.2. The highest BCUT2D eigenvalue weighted by Gasteiger charge is 2.37. The second kappa shape index (κ2) is 10.8. The van der Waals surface area contributed by atoms with Gasteiger partial charge in [0.15, 0.2) is 5.82 Å². The molecule has 6 aromatic carbocycles. The summed E-state index contributed by atoms with van der Waals surface area (Å²) >= 11 is 0. The molecule has 0 fully saturated rings. The first-order valence-corrected chi connectivity index (χ1v) is 15.4. The summed E-state index contributed by atoms with van der Waals surface area (Å²) in [6.07, 6.45) is 0. The van der Waals surface area contributed by atoms with Crippen molar-refractivity contribution < 1.29 is 4.74 Å². The van der Waals surface area contributed by atoms with E-state index >= 15 is 0 Å². The van der Waals surface area contributed by atoms with Crippen LogP contribution in [0.25, 0.3) is 55.8 Å². The lowest BCUT2D eigenvalue weighted by Crippen LogP contribution is -2.25. The topological polar surface area (TPSA) is 58.8 Å². The fourth-order valence-electron chi connectivity index (χ4n) is 6.68. The van der Waals surface area contributed by atoms with Gasteiger partial charge in [-0.15, -0.1) is 0 Å². The highest BCUT2D eigenvalue weighted by Crippen LogP contribution is 2.52. The minimum atomic E-state index is -0.388. The van der Waals surface area contributed by atoms with Crippen molar-refractivity contribution in [3.05, 3.63) is 156 Å². The second-order valence-corrected chi connectivity index (χ2v) is 12.1. The van der Waals surface area contributed by atoms with E-state index < -0.39 is 0 Å². The molecular weight excluding hydrogens is 562 g/mol. The number of rotatable bonds is 4. The van der Waals surface area contributed by atoms with Gasteiger partial charge in [0.25, 0.3) is 0 Å². The lowest BCUT2D eigenvalue weighted by atomic mass is 9.72. The number of fused-ring (bicyclic) bond motifs is 3. The molecule has 1 aliphatic heterocycles. The van der Waals surface area contributed by atoms with Crippen LogP contribution in [0.3, 0.4) is 0 Å². The standard InChI is InChI=1S/C42H29N3O/c1-42(2)35-19-7-9-21-37(35)46-40-32(26-43)22-23-33(38(40)42)29-15-11-16-30(25-29)39-34-18-6-8-20-36(34)44-41(45-39)31-17-10-14-28(24-31)27-12-4-3-5-13-27/h3-25H,1-2H3. The van der Waals surface area contributed by atoms with E-state index in [4.69, 9.17) is 14.7 Å². The first-order chi connectivity index (χ1) is 22.5. The van der Waals surface area contributed by atoms with E-state index in [9.17, 15) is 5.26 Å². The quantitative estimate of drug-likeness (QED) is 0.204. The van der Waals surface area contributed by atoms with Crippen molar-refractivity contribution in [1.82, 2.24) is 9.97 Å². The normalized spacial score (nSPS) is 12.9. The Morgan fingerprint density at radius 3 is 2.13 bits per heavy atom. The van der Waals surface area contributed by atoms with Crippen molar-refractivity contribution >= 4 is 10.9 Å². The van der Waals surface area contributed by atoms with Crippen LogP contribution in [0.4, 0.5) is 0 Å². The number of hydrogen-bond acceptors (Lipinski definition) is 4. The maximum absolute atomic E-state index is 10.0. The van der Waals surface area contributed by atoms with Gasteiger partial charge in [-0.3, -0.25) is 0 Å². The third kappa shape index (κ3) is 4.53. The summed E-state index contributed by atoms with van der Waals surface area (Å²) in [5.41, 5.74) is 10.3. The largest absolute Gasteiger partial charge is 0.455 e. The summed E-state index contributed by atoms with van der Waals surface area (Å²) in [6.45, 7) is 4.41. The lowest BCUT2D eigenvalue weighted by Gasteiger charge is -2.36. The molecule has 0 amide bonds. The Bertz CT molecular complexity index is 2330. The maximum Gasteiger partial charge on any atom is 0.160 e. The zero-order valence-corrected chi connectivity index (χ0v) is 25.5. The SMILES string of the molecule is CC1(C)c2ccccc2Oc2c(C#N)ccc(-c3cccc(-c4nc(-c5cccc(-c6ccccc6)c5)nc5ccccc45)c3)c21. The Kier molecular flexibility index (Phi) is 6.48. The molecule has 7 aromatic rings. The van der Waals surface area contributed by atoms with Crippen LogP contribution in [-0.2, 0) is 5.41 Å². The summed E-state index contributed by atoms with van der Waals surface area (Å²) in [5.74, 6) is 2.10. The summed E-state index contributed by atoms with van der Waals surface area (Å²) < 4.78 is 6.43. The molecule has 1 aromatic heterocycles. The van der Waals surface area contributed by atoms with Crippen LogP contribution in [0.5, 0.6) is 11.5 Å². The minimum absolute atomic E-state index is 0.388. The molecule has 46 heavy (non-hydrogen) atoms. The predicted molar refractivity (Wildman–Crippen MR) is 185 cm³/mol. The van der Waals surface area contributed by atoms with E-state index in [2.05, 4.69) is 105 Å². The summed E-state index contributed by atoms with van der Waals surface area (Å²) in [7, 11) is 0. The van der Waals surface area contributed by atoms with E-state index in [0.29, 0.717) is 17.1 Å². The Morgan fingerprint density at radius 1 is 0.609 bits per heavy atom. The van der Waals surface area contributed by atoms with Gasteiger partial charge in [-0.2, -0.15) is 5.26 Å². The van der Waals surface area contributed by atoms with Gasteiger partial charge in [0, 0.05) is 33.1 Å². The average molecular weight is 592 g/mol. The number of hydrogen-bond donors (Lipinski definition) is 0. The molecule has 4 heteroatoms. The third-order valence-corrected chi connectivity index (χ3v) is 8.95. The second-order valence-electron chi connectivity index (χ2n) is 12.1. The Balaban J connectivity index is 1.29. The van der Waals surface area contributed by atoms with Crippen molar-refractivity contribution in [1.29, 1.82) is 5.26 Å². The number of nitrogens with zero attached hydrogens (tertiary/aromatic N) is 3. The Hall–Kier alpha value is -6.05. The molecule has 2 heterocycles. The fraction of sp³-hybridized carbons (Fsp3) is 0.0714. The van der Waals surface area contributed by atoms with E-state index in [-0.39, 0.29) is 5.41 Å². The average Bonchev–Trinajstić information content (AvgIpc) is 3.11. The molecule has 0 bridgehead atoms. The van der Waals surface area contributed by atoms with E-state index in [1.807, 2.05) is 54.6 Å². The lowest BCUT2D eigenvalue weighted by molar-refractivity contribution is 0.417. The molecule has 0 unspecified atom stereocenters. The van der Waals surface area contributed by atoms with Gasteiger partial charge in [-0.05, 0) is 52.6 Å². The molecule has 1 aliphatic rings. The first-order valence-electron chi connectivity index (χ1n) is 15.4. The smallest absolute Gasteiger partial charge is 0.160 e. The van der Waals surface area contributed by atoms with Crippen molar-refractivity contribution in [2.75, 3.05) is 0 Å². The van der Waals surface area contributed by atoms with Crippen LogP contribution in [0.15, 0.2) is 140 Å². The molecule has 0 N–H and O–H groups in total. The van der Waals surface area contributed by atoms with Gasteiger partial charge >= 0.3 is 0 Å². The maximum atomic E-state index is 10.0. The Morgan fingerprint density at radius 2 is 1.28 bits per heavy atom. The van der Waals surface area contributed by atoms with Gasteiger partial charge in [-0.1, -0.05) is 123 Å². The van der Waals surface area contributed by atoms with Crippen LogP contribution in [0, 0.1) is 11.3 Å². The summed E-state index contributed by atoms with van der Waals surface area (Å²) in [6, 6.07) is 49.8. The van der Waals surface area contributed by atoms with Crippen LogP contribution >= 0.6 is 0 Å². The third-order valence-electron chi connectivity index (χ3n) is 8.95. The van der Waals surface area contributed by atoms with Crippen LogP contribution in [-0.4, -0.2) is 9.97 Å². The first kappa shape index (κ1) is 27.5. The highest BCUT2D eigenvalue weighted by atomic mass is 16.5. The highest BCUT2D eigenvalue weighted by molar-refractivity contribution is 5.95. The van der Waals surface area contributed by atoms with Gasteiger partial charge in [0.05, 0.1) is 16.8 Å². The number of para-hydroxylation sites is 2. The molecule has 0 radical (unpaired) electrons. The molecular formula is C42H29N3O.